The van der Waals surface area contributed by atoms with Crippen molar-refractivity contribution in [1.29, 1.82) is 5.26 Å². The molecule has 1 fully saturated rings. The Morgan fingerprint density at radius 3 is 2.50 bits per heavy atom. The normalized spacial score (nSPS) is 24.4. The van der Waals surface area contributed by atoms with Gasteiger partial charge >= 0.3 is 0 Å². The van der Waals surface area contributed by atoms with E-state index in [4.69, 9.17) is 9.47 Å². The molecule has 5 nitrogen and oxygen atoms in total. The van der Waals surface area contributed by atoms with Crippen LogP contribution in [-0.2, 0) is 9.84 Å². The van der Waals surface area contributed by atoms with E-state index in [2.05, 4.69) is 6.07 Å². The maximum absolute atomic E-state index is 12.9. The Morgan fingerprint density at radius 2 is 1.79 bits per heavy atom. The van der Waals surface area contributed by atoms with Crippen LogP contribution in [-0.4, -0.2) is 20.5 Å². The molecule has 0 bridgehead atoms. The van der Waals surface area contributed by atoms with Crippen molar-refractivity contribution in [2.45, 2.75) is 23.0 Å². The predicted molar refractivity (Wildman–Crippen MR) is 86.6 cm³/mol. The second-order valence-corrected chi connectivity index (χ2v) is 8.22. The fourth-order valence-corrected chi connectivity index (χ4v) is 5.29. The molecule has 0 N–H and O–H groups in total. The average molecular weight is 341 g/mol. The lowest BCUT2D eigenvalue weighted by Crippen LogP contribution is -2.10. The van der Waals surface area contributed by atoms with Gasteiger partial charge in [0.2, 0.25) is 6.79 Å². The SMILES string of the molecule is Cc1ccc(S(=O)(=O)[C@@H]2[C@H](C#N)[C@H]2c2ccc3c(c2)OCO3)cc1. The van der Waals surface area contributed by atoms with Gasteiger partial charge in [-0.05, 0) is 36.8 Å². The topological polar surface area (TPSA) is 76.4 Å². The van der Waals surface area contributed by atoms with Gasteiger partial charge in [0, 0.05) is 5.92 Å². The summed E-state index contributed by atoms with van der Waals surface area (Å²) in [5, 5.41) is 8.67. The molecule has 2 aromatic carbocycles. The molecule has 6 heteroatoms. The summed E-state index contributed by atoms with van der Waals surface area (Å²) >= 11 is 0. The van der Waals surface area contributed by atoms with E-state index < -0.39 is 21.0 Å². The van der Waals surface area contributed by atoms with Crippen molar-refractivity contribution in [3.05, 3.63) is 53.6 Å². The van der Waals surface area contributed by atoms with Crippen molar-refractivity contribution in [1.82, 2.24) is 0 Å². The van der Waals surface area contributed by atoms with Gasteiger partial charge in [-0.15, -0.1) is 0 Å². The Kier molecular flexibility index (Phi) is 3.29. The number of rotatable bonds is 3. The molecule has 1 saturated carbocycles. The fraction of sp³-hybridized carbons (Fsp3) is 0.278. The van der Waals surface area contributed by atoms with E-state index in [-0.39, 0.29) is 17.6 Å². The summed E-state index contributed by atoms with van der Waals surface area (Å²) < 4.78 is 36.4. The summed E-state index contributed by atoms with van der Waals surface area (Å²) in [7, 11) is -3.55. The third-order valence-electron chi connectivity index (χ3n) is 4.59. The van der Waals surface area contributed by atoms with Crippen LogP contribution < -0.4 is 9.47 Å². The zero-order valence-corrected chi connectivity index (χ0v) is 13.8. The summed E-state index contributed by atoms with van der Waals surface area (Å²) in [4.78, 5) is 0.265. The van der Waals surface area contributed by atoms with Crippen LogP contribution in [0.4, 0.5) is 0 Å². The van der Waals surface area contributed by atoms with Crippen LogP contribution >= 0.6 is 0 Å². The highest BCUT2D eigenvalue weighted by Gasteiger charge is 2.59. The quantitative estimate of drug-likeness (QED) is 0.858. The number of hydrogen-bond donors (Lipinski definition) is 0. The van der Waals surface area contributed by atoms with Crippen LogP contribution in [0.15, 0.2) is 47.4 Å². The molecule has 1 heterocycles. The van der Waals surface area contributed by atoms with Crippen molar-refractivity contribution in [2.75, 3.05) is 6.79 Å². The number of fused-ring (bicyclic) bond motifs is 1. The molecule has 24 heavy (non-hydrogen) atoms. The zero-order valence-electron chi connectivity index (χ0n) is 13.0. The van der Waals surface area contributed by atoms with Gasteiger partial charge in [-0.25, -0.2) is 8.42 Å². The van der Waals surface area contributed by atoms with E-state index in [1.54, 1.807) is 36.4 Å². The lowest BCUT2D eigenvalue weighted by Gasteiger charge is -2.05. The summed E-state index contributed by atoms with van der Waals surface area (Å²) in [5.41, 5.74) is 1.79. The van der Waals surface area contributed by atoms with Crippen LogP contribution in [0.25, 0.3) is 0 Å². The van der Waals surface area contributed by atoms with Crippen LogP contribution in [0.5, 0.6) is 11.5 Å². The number of ether oxygens (including phenoxy) is 2. The van der Waals surface area contributed by atoms with E-state index >= 15 is 0 Å². The Labute approximate surface area is 140 Å². The number of sulfone groups is 1. The van der Waals surface area contributed by atoms with Crippen molar-refractivity contribution >= 4 is 9.84 Å². The first-order chi connectivity index (χ1) is 11.5. The van der Waals surface area contributed by atoms with E-state index in [1.807, 2.05) is 13.0 Å². The second-order valence-electron chi connectivity index (χ2n) is 6.12. The van der Waals surface area contributed by atoms with Gasteiger partial charge in [-0.3, -0.25) is 0 Å². The second kappa shape index (κ2) is 5.25. The molecule has 0 unspecified atom stereocenters. The third-order valence-corrected chi connectivity index (χ3v) is 6.82. The number of nitriles is 1. The Morgan fingerprint density at radius 1 is 1.08 bits per heavy atom. The summed E-state index contributed by atoms with van der Waals surface area (Å²) in [5.74, 6) is 0.362. The number of benzene rings is 2. The molecule has 0 spiro atoms. The molecule has 0 aromatic heterocycles. The minimum Gasteiger partial charge on any atom is -0.454 e. The van der Waals surface area contributed by atoms with Gasteiger partial charge < -0.3 is 9.47 Å². The lowest BCUT2D eigenvalue weighted by atomic mass is 10.1. The van der Waals surface area contributed by atoms with Crippen LogP contribution in [0.2, 0.25) is 0 Å². The minimum atomic E-state index is -3.55. The largest absolute Gasteiger partial charge is 0.454 e. The zero-order chi connectivity index (χ0) is 16.9. The van der Waals surface area contributed by atoms with Gasteiger partial charge in [0.25, 0.3) is 0 Å². The van der Waals surface area contributed by atoms with Gasteiger partial charge in [0.15, 0.2) is 21.3 Å². The monoisotopic (exact) mass is 341 g/mol. The molecule has 4 rings (SSSR count). The third kappa shape index (κ3) is 2.24. The molecule has 0 radical (unpaired) electrons. The first-order valence-electron chi connectivity index (χ1n) is 7.62. The summed E-state index contributed by atoms with van der Waals surface area (Å²) in [6, 6.07) is 14.2. The highest BCUT2D eigenvalue weighted by molar-refractivity contribution is 7.92. The smallest absolute Gasteiger partial charge is 0.231 e. The highest BCUT2D eigenvalue weighted by atomic mass is 32.2. The maximum atomic E-state index is 12.9. The van der Waals surface area contributed by atoms with E-state index in [0.717, 1.165) is 11.1 Å². The first kappa shape index (κ1) is 15.0. The minimum absolute atomic E-state index is 0.163. The van der Waals surface area contributed by atoms with Crippen molar-refractivity contribution in [3.63, 3.8) is 0 Å². The highest BCUT2D eigenvalue weighted by Crippen LogP contribution is 2.54. The van der Waals surface area contributed by atoms with E-state index in [0.29, 0.717) is 11.5 Å². The molecule has 1 aliphatic carbocycles. The first-order valence-corrected chi connectivity index (χ1v) is 9.17. The molecular formula is C18H15NO4S. The lowest BCUT2D eigenvalue weighted by molar-refractivity contribution is 0.174. The van der Waals surface area contributed by atoms with Crippen molar-refractivity contribution in [2.24, 2.45) is 5.92 Å². The predicted octanol–water partition coefficient (Wildman–Crippen LogP) is 2.80. The molecule has 2 aliphatic rings. The Hall–Kier alpha value is -2.52. The standard InChI is InChI=1S/C18H15NO4S/c1-11-2-5-13(6-3-11)24(20,21)18-14(9-19)17(18)12-4-7-15-16(8-12)23-10-22-15/h2-8,14,17-18H,10H2,1H3/t14-,17-,18-/m1/s1. The number of nitrogens with zero attached hydrogens (tertiary/aromatic N) is 1. The average Bonchev–Trinajstić information content (AvgIpc) is 3.15. The van der Waals surface area contributed by atoms with E-state index in [1.165, 1.54) is 0 Å². The summed E-state index contributed by atoms with van der Waals surface area (Å²) in [6.45, 7) is 2.07. The van der Waals surface area contributed by atoms with Gasteiger partial charge in [0.1, 0.15) is 0 Å². The Bertz CT molecular complexity index is 944. The maximum Gasteiger partial charge on any atom is 0.231 e. The molecule has 122 valence electrons. The number of hydrogen-bond acceptors (Lipinski definition) is 5. The van der Waals surface area contributed by atoms with Crippen molar-refractivity contribution < 1.29 is 17.9 Å². The number of aryl methyl sites for hydroxylation is 1. The van der Waals surface area contributed by atoms with Crippen molar-refractivity contribution in [3.8, 4) is 17.6 Å². The van der Waals surface area contributed by atoms with Crippen LogP contribution in [0.1, 0.15) is 17.0 Å². The van der Waals surface area contributed by atoms with Gasteiger partial charge in [-0.2, -0.15) is 5.26 Å². The van der Waals surface area contributed by atoms with Crippen LogP contribution in [0.3, 0.4) is 0 Å². The molecule has 1 aliphatic heterocycles. The van der Waals surface area contributed by atoms with Crippen LogP contribution in [0, 0.1) is 24.2 Å². The molecule has 3 atom stereocenters. The molecule has 0 amide bonds. The molecular weight excluding hydrogens is 326 g/mol. The van der Waals surface area contributed by atoms with Gasteiger partial charge in [0.05, 0.1) is 22.1 Å². The van der Waals surface area contributed by atoms with E-state index in [9.17, 15) is 13.7 Å². The fourth-order valence-electron chi connectivity index (χ4n) is 3.23. The molecule has 0 saturated heterocycles. The molecule has 2 aromatic rings. The van der Waals surface area contributed by atoms with Gasteiger partial charge in [-0.1, -0.05) is 23.8 Å². The Balaban J connectivity index is 1.69. The summed E-state index contributed by atoms with van der Waals surface area (Å²) in [6.07, 6.45) is 0.